The average molecular weight is 393 g/mol. The summed E-state index contributed by atoms with van der Waals surface area (Å²) in [4.78, 5) is 13.1. The summed E-state index contributed by atoms with van der Waals surface area (Å²) in [5, 5.41) is 0. The van der Waals surface area contributed by atoms with Crippen LogP contribution in [-0.4, -0.2) is 33.2 Å². The molecule has 1 fully saturated rings. The molecule has 1 aliphatic rings. The lowest BCUT2D eigenvalue weighted by atomic mass is 9.84. The van der Waals surface area contributed by atoms with Crippen molar-refractivity contribution in [3.05, 3.63) is 64.2 Å². The SMILES string of the molecule is COc1ccc(/C=C2\CC(N)C/C(=C\c3ccc(OC)c(OC)c3)C2=O)cc1C. The minimum Gasteiger partial charge on any atom is -0.496 e. The van der Waals surface area contributed by atoms with Crippen molar-refractivity contribution in [2.45, 2.75) is 25.8 Å². The molecule has 152 valence electrons. The molecular weight excluding hydrogens is 366 g/mol. The third kappa shape index (κ3) is 4.69. The molecule has 3 rings (SSSR count). The number of carbonyl (C=O) groups is 1. The van der Waals surface area contributed by atoms with Crippen molar-refractivity contribution in [1.82, 2.24) is 0 Å². The van der Waals surface area contributed by atoms with Gasteiger partial charge in [0.1, 0.15) is 5.75 Å². The number of rotatable bonds is 5. The highest BCUT2D eigenvalue weighted by Gasteiger charge is 2.25. The Morgan fingerprint density at radius 3 is 1.86 bits per heavy atom. The normalized spacial score (nSPS) is 19.5. The second kappa shape index (κ2) is 8.97. The van der Waals surface area contributed by atoms with Gasteiger partial charge in [-0.1, -0.05) is 12.1 Å². The third-order valence-corrected chi connectivity index (χ3v) is 5.06. The van der Waals surface area contributed by atoms with E-state index in [0.29, 0.717) is 29.9 Å². The molecule has 1 aliphatic carbocycles. The Balaban J connectivity index is 1.93. The van der Waals surface area contributed by atoms with Crippen molar-refractivity contribution in [1.29, 1.82) is 0 Å². The summed E-state index contributed by atoms with van der Waals surface area (Å²) in [5.74, 6) is 2.14. The quantitative estimate of drug-likeness (QED) is 0.772. The minimum atomic E-state index is -0.0929. The molecule has 1 unspecified atom stereocenters. The zero-order valence-electron chi connectivity index (χ0n) is 17.3. The number of benzene rings is 2. The number of nitrogens with two attached hydrogens (primary N) is 1. The maximum absolute atomic E-state index is 13.1. The summed E-state index contributed by atoms with van der Waals surface area (Å²) < 4.78 is 15.9. The van der Waals surface area contributed by atoms with Crippen LogP contribution in [0.5, 0.6) is 17.2 Å². The molecule has 5 heteroatoms. The van der Waals surface area contributed by atoms with Crippen molar-refractivity contribution in [2.24, 2.45) is 5.73 Å². The Hall–Kier alpha value is -3.05. The summed E-state index contributed by atoms with van der Waals surface area (Å²) in [6, 6.07) is 11.4. The van der Waals surface area contributed by atoms with Crippen molar-refractivity contribution < 1.29 is 19.0 Å². The lowest BCUT2D eigenvalue weighted by molar-refractivity contribution is -0.112. The van der Waals surface area contributed by atoms with Crippen molar-refractivity contribution in [3.8, 4) is 17.2 Å². The summed E-state index contributed by atoms with van der Waals surface area (Å²) in [7, 11) is 4.83. The predicted molar refractivity (Wildman–Crippen MR) is 115 cm³/mol. The van der Waals surface area contributed by atoms with Crippen LogP contribution < -0.4 is 19.9 Å². The molecule has 2 aromatic carbocycles. The molecule has 0 bridgehead atoms. The number of ketones is 1. The fraction of sp³-hybridized carbons (Fsp3) is 0.292. The molecule has 5 nitrogen and oxygen atoms in total. The van der Waals surface area contributed by atoms with Gasteiger partial charge in [-0.3, -0.25) is 4.79 Å². The van der Waals surface area contributed by atoms with Gasteiger partial charge in [0.25, 0.3) is 0 Å². The van der Waals surface area contributed by atoms with Gasteiger partial charge in [0.05, 0.1) is 21.3 Å². The van der Waals surface area contributed by atoms with Crippen LogP contribution in [0.1, 0.15) is 29.5 Å². The van der Waals surface area contributed by atoms with Gasteiger partial charge >= 0.3 is 0 Å². The lowest BCUT2D eigenvalue weighted by Crippen LogP contribution is -2.30. The highest BCUT2D eigenvalue weighted by molar-refractivity contribution is 6.14. The molecule has 2 N–H and O–H groups in total. The lowest BCUT2D eigenvalue weighted by Gasteiger charge is -2.23. The number of ether oxygens (including phenoxy) is 3. The standard InChI is InChI=1S/C24H27NO4/c1-15-9-16(5-7-21(15)27-2)10-18-13-20(25)14-19(24(18)26)11-17-6-8-22(28-3)23(12-17)29-4/h5-12,20H,13-14,25H2,1-4H3/b18-10+,19-11+. The number of aryl methyl sites for hydroxylation is 1. The molecule has 0 saturated heterocycles. The van der Waals surface area contributed by atoms with Gasteiger partial charge in [0.15, 0.2) is 17.3 Å². The van der Waals surface area contributed by atoms with Gasteiger partial charge in [-0.05, 0) is 72.9 Å². The van der Waals surface area contributed by atoms with Crippen LogP contribution in [0.15, 0.2) is 47.5 Å². The van der Waals surface area contributed by atoms with E-state index in [9.17, 15) is 4.79 Å². The first kappa shape index (κ1) is 20.7. The Morgan fingerprint density at radius 1 is 0.828 bits per heavy atom. The zero-order chi connectivity index (χ0) is 21.0. The number of methoxy groups -OCH3 is 3. The van der Waals surface area contributed by atoms with Crippen LogP contribution >= 0.6 is 0 Å². The topological polar surface area (TPSA) is 70.8 Å². The van der Waals surface area contributed by atoms with E-state index in [-0.39, 0.29) is 11.8 Å². The maximum atomic E-state index is 13.1. The maximum Gasteiger partial charge on any atom is 0.185 e. The van der Waals surface area contributed by atoms with Gasteiger partial charge < -0.3 is 19.9 Å². The van der Waals surface area contributed by atoms with E-state index < -0.39 is 0 Å². The molecule has 0 spiro atoms. The summed E-state index contributed by atoms with van der Waals surface area (Å²) in [6.45, 7) is 1.98. The molecule has 0 aliphatic heterocycles. The van der Waals surface area contributed by atoms with E-state index in [1.54, 1.807) is 21.3 Å². The monoisotopic (exact) mass is 393 g/mol. The zero-order valence-corrected chi connectivity index (χ0v) is 17.3. The molecule has 1 atom stereocenters. The van der Waals surface area contributed by atoms with E-state index in [1.807, 2.05) is 55.5 Å². The van der Waals surface area contributed by atoms with E-state index in [4.69, 9.17) is 19.9 Å². The molecule has 29 heavy (non-hydrogen) atoms. The second-order valence-corrected chi connectivity index (χ2v) is 7.18. The molecular formula is C24H27NO4. The van der Waals surface area contributed by atoms with Gasteiger partial charge in [-0.25, -0.2) is 0 Å². The van der Waals surface area contributed by atoms with E-state index >= 15 is 0 Å². The van der Waals surface area contributed by atoms with E-state index in [0.717, 1.165) is 28.0 Å². The fourth-order valence-corrected chi connectivity index (χ4v) is 3.61. The van der Waals surface area contributed by atoms with Gasteiger partial charge in [-0.2, -0.15) is 0 Å². The first-order valence-electron chi connectivity index (χ1n) is 9.53. The van der Waals surface area contributed by atoms with E-state index in [2.05, 4.69) is 0 Å². The van der Waals surface area contributed by atoms with Crippen LogP contribution in [0.2, 0.25) is 0 Å². The highest BCUT2D eigenvalue weighted by Crippen LogP contribution is 2.32. The average Bonchev–Trinajstić information content (AvgIpc) is 2.71. The fourth-order valence-electron chi connectivity index (χ4n) is 3.61. The first-order valence-corrected chi connectivity index (χ1v) is 9.53. The molecule has 0 radical (unpaired) electrons. The second-order valence-electron chi connectivity index (χ2n) is 7.18. The number of carbonyl (C=O) groups excluding carboxylic acids is 1. The largest absolute Gasteiger partial charge is 0.496 e. The van der Waals surface area contributed by atoms with Crippen LogP contribution in [-0.2, 0) is 4.79 Å². The van der Waals surface area contributed by atoms with Gasteiger partial charge in [-0.15, -0.1) is 0 Å². The molecule has 0 heterocycles. The van der Waals surface area contributed by atoms with Crippen molar-refractivity contribution in [3.63, 3.8) is 0 Å². The number of Topliss-reactive ketones (excluding diaryl/α,β-unsaturated/α-hetero) is 1. The highest BCUT2D eigenvalue weighted by atomic mass is 16.5. The number of hydrogen-bond donors (Lipinski definition) is 1. The van der Waals surface area contributed by atoms with Crippen LogP contribution in [0, 0.1) is 6.92 Å². The first-order chi connectivity index (χ1) is 13.9. The van der Waals surface area contributed by atoms with E-state index in [1.165, 1.54) is 0 Å². The Bertz CT molecular complexity index is 975. The molecule has 1 saturated carbocycles. The third-order valence-electron chi connectivity index (χ3n) is 5.06. The molecule has 0 aromatic heterocycles. The summed E-state index contributed by atoms with van der Waals surface area (Å²) >= 11 is 0. The van der Waals surface area contributed by atoms with Crippen LogP contribution in [0.3, 0.4) is 0 Å². The van der Waals surface area contributed by atoms with Crippen LogP contribution in [0.4, 0.5) is 0 Å². The Labute approximate surface area is 171 Å². The predicted octanol–water partition coefficient (Wildman–Crippen LogP) is 4.18. The van der Waals surface area contributed by atoms with Crippen molar-refractivity contribution >= 4 is 17.9 Å². The smallest absolute Gasteiger partial charge is 0.185 e. The Kier molecular flexibility index (Phi) is 6.39. The van der Waals surface area contributed by atoms with Gasteiger partial charge in [0, 0.05) is 17.2 Å². The van der Waals surface area contributed by atoms with Crippen molar-refractivity contribution in [2.75, 3.05) is 21.3 Å². The van der Waals surface area contributed by atoms with Gasteiger partial charge in [0.2, 0.25) is 0 Å². The summed E-state index contributed by atoms with van der Waals surface area (Å²) in [5.41, 5.74) is 10.5. The molecule has 0 amide bonds. The minimum absolute atomic E-state index is 0.0370. The van der Waals surface area contributed by atoms with Crippen LogP contribution in [0.25, 0.3) is 12.2 Å². The Morgan fingerprint density at radius 2 is 1.34 bits per heavy atom. The number of hydrogen-bond acceptors (Lipinski definition) is 5. The molecule has 2 aromatic rings. The summed E-state index contributed by atoms with van der Waals surface area (Å²) in [6.07, 6.45) is 4.92.